The third-order valence-corrected chi connectivity index (χ3v) is 23.7. The molecule has 0 spiro atoms. The van der Waals surface area contributed by atoms with Crippen LogP contribution in [0.15, 0.2) is 241 Å². The number of benzene rings is 8. The monoisotopic (exact) mass is 1950 g/mol. The molecule has 1 aliphatic rings. The first-order chi connectivity index (χ1) is 68.8. The number of guanidine groups is 2. The minimum Gasteiger partial charge on any atom is -0.489 e. The van der Waals surface area contributed by atoms with Crippen LogP contribution in [-0.4, -0.2) is 172 Å². The van der Waals surface area contributed by atoms with Crippen molar-refractivity contribution < 1.29 is 78.4 Å². The SMILES string of the molecule is N.N/C(=N\[N+](=O)[O-])NCCC[C@@H]1NC(=O)[C@@H](Cc2ccccc2)NC(=O)[C@H](Cc2ccc(OCc3ccccc3)cc2)C(=O)CCCCCCNC(=O)[C@H](Cc2c[nH]c3ccccc23)NC1=O.NCCCCCCCCCCCC(=O)N[C@@H](Cc1ccc(OCc2ccccc2)cc1)C(=O)N[C@H](Cc1ccccc1)C(=O)N[C@@H](CCCN/C(N)=N/[N+](=O)[O-])C(=O)N[C@@H](Cc1c[nH]c2ccccc12)C(=O)O.[2H]CF. The Morgan fingerprint density at radius 3 is 1.44 bits per heavy atom. The largest absolute Gasteiger partial charge is 0.489 e. The smallest absolute Gasteiger partial charge is 0.326 e. The zero-order valence-corrected chi connectivity index (χ0v) is 79.8. The summed E-state index contributed by atoms with van der Waals surface area (Å²) in [5, 5.41) is 65.6. The van der Waals surface area contributed by atoms with E-state index >= 15 is 0 Å². The van der Waals surface area contributed by atoms with Gasteiger partial charge in [-0.15, -0.1) is 0 Å². The molecule has 0 aliphatic carbocycles. The number of nitrogens with zero attached hydrogens (tertiary/aromatic N) is 4. The lowest BCUT2D eigenvalue weighted by Crippen LogP contribution is -2.58. The highest BCUT2D eigenvalue weighted by atomic mass is 19.1. The number of H-pyrrole nitrogens is 2. The molecule has 2 aromatic heterocycles. The van der Waals surface area contributed by atoms with Crippen LogP contribution >= 0.6 is 0 Å². The Kier molecular flexibility index (Phi) is 47.9. The fourth-order valence-electron chi connectivity index (χ4n) is 16.2. The number of Topliss-reactive ketones (excluding diaryl/α,β-unsaturated/α-hetero) is 1. The van der Waals surface area contributed by atoms with Gasteiger partial charge in [0.2, 0.25) is 47.3 Å². The number of aromatic nitrogens is 2. The van der Waals surface area contributed by atoms with Crippen LogP contribution in [-0.2, 0) is 99.7 Å². The van der Waals surface area contributed by atoms with E-state index in [-0.39, 0.29) is 108 Å². The first kappa shape index (κ1) is 110. The normalized spacial score (nSPS) is 15.9. The van der Waals surface area contributed by atoms with Crippen LogP contribution in [0.2, 0.25) is 0 Å². The standard InChI is InChI=1S/C54H70N10O9.C49H57N9O8.CH3F.H3N/c55-31-17-7-5-3-1-2-4-6-14-26-49(65)59-46(34-39-27-29-42(30-28-39)73-37-40-21-12-9-13-22-40)51(67)61-47(33-38-19-10-8-11-20-38)52(68)60-45(25-18-32-57-54(56)63-64(71)72)50(66)62-48(53(69)70)35-41-36-58-44-24-16-15-23-43(41)44;50-49(57-58(64)65)52-27-13-20-41-47(62)56-43(30-36-31-53-40-19-11-10-18-38(36)40)46(61)51-26-12-2-1-9-21-44(59)39(45(60)55-42(48(63)54-41)29-33-14-5-3-6-15-33)28-34-22-24-37(25-23-34)66-32-35-16-7-4-8-17-35;1-2;/h8-13,15-16,19-24,27-30,36,45-48,58H,1-7,14,17-18,25-26,31-35,37,55H2,(H,59,65)(H,60,68)(H,61,67)(H,62,66)(H,69,70)(H3,56,57,63);3-8,10-11,14-19,22-25,31,39,41-43,53H,1-2,9,12-13,20-21,26-30,32H2,(H,51,61)(H,54,63)(H,55,60)(H,56,62)(H3,50,52,57);1H3;1H3/t45-,46-,47+,48-;39-,41+,42-,43+;;/m01../s1/i;;1D;. The molecular formula is C104H133FN20O17. The molecule has 37 nitrogen and oxygen atoms in total. The van der Waals surface area contributed by atoms with Gasteiger partial charge in [0.25, 0.3) is 11.9 Å². The summed E-state index contributed by atoms with van der Waals surface area (Å²) in [6.07, 6.45) is 15.9. The molecule has 11 rings (SSSR count). The number of aromatic amines is 2. The molecule has 1 saturated heterocycles. The number of carbonyl (C=O) groups excluding carboxylic acids is 9. The summed E-state index contributed by atoms with van der Waals surface area (Å²) in [5.41, 5.74) is 24.8. The molecule has 3 heterocycles. The van der Waals surface area contributed by atoms with Crippen LogP contribution in [0, 0.1) is 26.1 Å². The van der Waals surface area contributed by atoms with Crippen molar-refractivity contribution in [1.82, 2.24) is 69.3 Å². The van der Waals surface area contributed by atoms with Gasteiger partial charge < -0.3 is 101 Å². The van der Waals surface area contributed by atoms with Crippen molar-refractivity contribution in [2.45, 2.75) is 216 Å². The molecule has 8 atom stereocenters. The minimum atomic E-state index is -1.41. The Bertz CT molecular complexity index is 5720. The van der Waals surface area contributed by atoms with Gasteiger partial charge in [-0.25, -0.2) is 25.0 Å². The molecule has 1 fully saturated rings. The van der Waals surface area contributed by atoms with Crippen molar-refractivity contribution in [1.29, 1.82) is 0 Å². The number of ketones is 1. The Hall–Kier alpha value is -15.5. The Labute approximate surface area is 825 Å². The first-order valence-corrected chi connectivity index (χ1v) is 47.7. The first-order valence-electron chi connectivity index (χ1n) is 48.4. The van der Waals surface area contributed by atoms with E-state index in [1.807, 2.05) is 140 Å². The van der Waals surface area contributed by atoms with Gasteiger partial charge >= 0.3 is 5.97 Å². The number of ether oxygens (including phenoxy) is 2. The Morgan fingerprint density at radius 2 is 0.894 bits per heavy atom. The summed E-state index contributed by atoms with van der Waals surface area (Å²) < 4.78 is 27.4. The van der Waals surface area contributed by atoms with Gasteiger partial charge in [-0.1, -0.05) is 240 Å². The third-order valence-electron chi connectivity index (χ3n) is 23.7. The molecule has 22 N–H and O–H groups in total. The summed E-state index contributed by atoms with van der Waals surface area (Å²) in [6, 6.07) is 58.1. The summed E-state index contributed by atoms with van der Waals surface area (Å²) in [7, 11) is -1.00. The highest BCUT2D eigenvalue weighted by Gasteiger charge is 2.36. The van der Waals surface area contributed by atoms with Gasteiger partial charge in [-0.3, -0.25) is 47.5 Å². The van der Waals surface area contributed by atoms with Gasteiger partial charge in [0, 0.05) is 98.8 Å². The maximum Gasteiger partial charge on any atom is 0.326 e. The molecule has 0 unspecified atom stereocenters. The van der Waals surface area contributed by atoms with Crippen LogP contribution in [0.3, 0.4) is 0 Å². The molecular weight excluding hydrogens is 1820 g/mol. The second-order valence-electron chi connectivity index (χ2n) is 34.4. The van der Waals surface area contributed by atoms with E-state index in [1.54, 1.807) is 91.3 Å². The number of halogens is 1. The average molecular weight is 1960 g/mol. The Morgan fingerprint density at radius 1 is 0.472 bits per heavy atom. The van der Waals surface area contributed by atoms with E-state index in [0.717, 1.165) is 101 Å². The van der Waals surface area contributed by atoms with E-state index in [4.69, 9.17) is 28.0 Å². The van der Waals surface area contributed by atoms with Crippen molar-refractivity contribution in [3.63, 3.8) is 0 Å². The molecule has 10 aromatic rings. The van der Waals surface area contributed by atoms with Gasteiger partial charge in [-0.2, -0.15) is 0 Å². The average Bonchev–Trinajstić information content (AvgIpc) is 1.63. The van der Waals surface area contributed by atoms with Crippen molar-refractivity contribution in [3.8, 4) is 11.5 Å². The molecule has 758 valence electrons. The van der Waals surface area contributed by atoms with E-state index in [9.17, 15) is 77.7 Å². The lowest BCUT2D eigenvalue weighted by atomic mass is 9.90. The molecule has 0 bridgehead atoms. The zero-order chi connectivity index (χ0) is 102. The van der Waals surface area contributed by atoms with Crippen LogP contribution in [0.1, 0.15) is 168 Å². The minimum absolute atomic E-state index is 0. The number of fused-ring (bicyclic) bond motifs is 2. The van der Waals surface area contributed by atoms with Crippen LogP contribution in [0.4, 0.5) is 4.39 Å². The van der Waals surface area contributed by atoms with Crippen LogP contribution in [0.25, 0.3) is 21.8 Å². The Balaban J connectivity index is 0.000000339. The van der Waals surface area contributed by atoms with Crippen molar-refractivity contribution in [2.24, 2.45) is 33.3 Å². The molecule has 8 amide bonds. The number of para-hydroxylation sites is 2. The van der Waals surface area contributed by atoms with E-state index < -0.39 is 125 Å². The molecule has 142 heavy (non-hydrogen) atoms. The number of hydrogen-bond donors (Lipinski definition) is 17. The second kappa shape index (κ2) is 61.8. The van der Waals surface area contributed by atoms with Crippen molar-refractivity contribution in [3.05, 3.63) is 296 Å². The quantitative estimate of drug-likeness (QED) is 0.00421. The molecule has 0 saturated carbocycles. The number of unbranched alkanes of at least 4 members (excludes halogenated alkanes) is 8. The highest BCUT2D eigenvalue weighted by Crippen LogP contribution is 2.26. The number of rotatable bonds is 47. The molecule has 8 aromatic carbocycles. The number of nitrogens with two attached hydrogens (primary N) is 3. The van der Waals surface area contributed by atoms with Crippen LogP contribution in [0.5, 0.6) is 11.5 Å². The maximum atomic E-state index is 14.5. The second-order valence-corrected chi connectivity index (χ2v) is 34.4. The fraction of sp³-hybridized carbons (Fsp3) is 0.385. The number of aliphatic carboxylic acids is 1. The predicted octanol–water partition coefficient (Wildman–Crippen LogP) is 10.7. The summed E-state index contributed by atoms with van der Waals surface area (Å²) in [4.78, 5) is 169. The summed E-state index contributed by atoms with van der Waals surface area (Å²) >= 11 is 0. The van der Waals surface area contributed by atoms with Gasteiger partial charge in [-0.05, 0) is 145 Å². The predicted molar refractivity (Wildman–Crippen MR) is 541 cm³/mol. The maximum absolute atomic E-state index is 14.5. The molecule has 38 heteroatoms. The van der Waals surface area contributed by atoms with Crippen molar-refractivity contribution in [2.75, 3.05) is 33.3 Å². The lowest BCUT2D eigenvalue weighted by Gasteiger charge is -2.26. The summed E-state index contributed by atoms with van der Waals surface area (Å²) in [6.45, 7) is 1.82. The van der Waals surface area contributed by atoms with Gasteiger partial charge in [0.05, 0.1) is 8.52 Å². The van der Waals surface area contributed by atoms with Gasteiger partial charge in [0.1, 0.15) is 88.9 Å². The van der Waals surface area contributed by atoms with Crippen LogP contribution < -0.4 is 86.0 Å². The number of nitro groups is 2. The highest BCUT2D eigenvalue weighted by molar-refractivity contribution is 6.04. The number of carboxylic acid groups (broad SMARTS) is 1. The number of carboxylic acids is 1. The number of amides is 8. The van der Waals surface area contributed by atoms with E-state index in [0.29, 0.717) is 86.6 Å². The van der Waals surface area contributed by atoms with E-state index in [2.05, 4.69) is 73.3 Å². The number of hydrazone groups is 2. The third kappa shape index (κ3) is 39.8. The number of carbonyl (C=O) groups is 10. The number of nitrogens with one attached hydrogen (secondary N) is 12. The molecule has 1 aliphatic heterocycles. The molecule has 0 radical (unpaired) electrons. The number of hydrogen-bond acceptors (Lipinski definition) is 18. The number of alkyl halides is 1. The summed E-state index contributed by atoms with van der Waals surface area (Å²) in [5.74, 6) is -7.31. The van der Waals surface area contributed by atoms with Gasteiger partial charge in [0.15, 0.2) is 10.1 Å². The van der Waals surface area contributed by atoms with E-state index in [1.165, 1.54) is 0 Å². The fourth-order valence-corrected chi connectivity index (χ4v) is 16.2. The topological polar surface area (TPSA) is 585 Å². The zero-order valence-electron chi connectivity index (χ0n) is 80.8. The lowest BCUT2D eigenvalue weighted by molar-refractivity contribution is -0.485. The van der Waals surface area contributed by atoms with Crippen molar-refractivity contribution >= 4 is 92.7 Å².